The van der Waals surface area contributed by atoms with E-state index in [-0.39, 0.29) is 11.5 Å². The number of nitrogens with zero attached hydrogens (tertiary/aromatic N) is 1. The Bertz CT molecular complexity index is 362. The van der Waals surface area contributed by atoms with E-state index < -0.39 is 30.4 Å². The second-order valence-electron chi connectivity index (χ2n) is 5.59. The van der Waals surface area contributed by atoms with Crippen LogP contribution < -0.4 is 5.32 Å². The van der Waals surface area contributed by atoms with E-state index in [0.717, 1.165) is 0 Å². The number of carboxylic acids is 2. The molecule has 0 aromatic rings. The molecule has 2 amide bonds. The maximum absolute atomic E-state index is 11.9. The lowest BCUT2D eigenvalue weighted by Gasteiger charge is -2.35. The van der Waals surface area contributed by atoms with Crippen molar-refractivity contribution in [3.8, 4) is 0 Å². The smallest absolute Gasteiger partial charge is 0.326 e. The number of carboxylic acid groups (broad SMARTS) is 2. The Hall–Kier alpha value is -1.79. The number of hydrogen-bond donors (Lipinski definition) is 3. The molecular formula is C12H22N2O5. The molecule has 0 aliphatic carbocycles. The van der Waals surface area contributed by atoms with E-state index in [0.29, 0.717) is 0 Å². The van der Waals surface area contributed by atoms with Crippen LogP contribution in [0, 0.1) is 5.41 Å². The van der Waals surface area contributed by atoms with Crippen molar-refractivity contribution in [2.45, 2.75) is 46.2 Å². The number of aliphatic carboxylic acids is 2. The van der Waals surface area contributed by atoms with Crippen LogP contribution >= 0.6 is 0 Å². The van der Waals surface area contributed by atoms with E-state index in [4.69, 9.17) is 10.2 Å². The minimum atomic E-state index is -1.43. The molecule has 0 bridgehead atoms. The van der Waals surface area contributed by atoms with Crippen LogP contribution in [-0.4, -0.2) is 52.2 Å². The molecule has 0 radical (unpaired) electrons. The van der Waals surface area contributed by atoms with E-state index in [1.54, 1.807) is 7.05 Å². The number of nitrogens with one attached hydrogen (secondary N) is 1. The van der Waals surface area contributed by atoms with Gasteiger partial charge in [-0.1, -0.05) is 20.8 Å². The van der Waals surface area contributed by atoms with E-state index in [1.807, 2.05) is 27.7 Å². The van der Waals surface area contributed by atoms with Gasteiger partial charge in [-0.25, -0.2) is 9.59 Å². The average molecular weight is 274 g/mol. The lowest BCUT2D eigenvalue weighted by atomic mass is 9.87. The first-order valence-electron chi connectivity index (χ1n) is 5.94. The first-order chi connectivity index (χ1) is 8.46. The lowest BCUT2D eigenvalue weighted by molar-refractivity contribution is -0.145. The Labute approximate surface area is 112 Å². The van der Waals surface area contributed by atoms with Crippen molar-refractivity contribution in [2.24, 2.45) is 5.41 Å². The molecule has 0 aliphatic heterocycles. The van der Waals surface area contributed by atoms with Crippen molar-refractivity contribution in [1.82, 2.24) is 10.2 Å². The number of carbonyl (C=O) groups excluding carboxylic acids is 1. The molecule has 110 valence electrons. The Morgan fingerprint density at radius 2 is 1.68 bits per heavy atom. The monoisotopic (exact) mass is 274 g/mol. The highest BCUT2D eigenvalue weighted by atomic mass is 16.4. The molecule has 2 atom stereocenters. The van der Waals surface area contributed by atoms with Crippen LogP contribution in [0.15, 0.2) is 0 Å². The molecule has 3 N–H and O–H groups in total. The fourth-order valence-corrected chi connectivity index (χ4v) is 1.38. The van der Waals surface area contributed by atoms with E-state index >= 15 is 0 Å². The summed E-state index contributed by atoms with van der Waals surface area (Å²) in [4.78, 5) is 34.7. The molecule has 0 rings (SSSR count). The predicted octanol–water partition coefficient (Wildman–Crippen LogP) is 0.990. The normalized spacial score (nSPS) is 14.4. The summed E-state index contributed by atoms with van der Waals surface area (Å²) in [5.41, 5.74) is -0.169. The molecule has 0 spiro atoms. The zero-order valence-corrected chi connectivity index (χ0v) is 11.9. The largest absolute Gasteiger partial charge is 0.481 e. The standard InChI is InChI=1S/C12H22N2O5/c1-7(12(2,3)4)14(5)11(19)13-8(10(17)18)6-9(15)16/h7-8H,6H2,1-5H3,(H,13,19)(H,15,16)(H,17,18). The van der Waals surface area contributed by atoms with Crippen LogP contribution in [0.4, 0.5) is 4.79 Å². The SMILES string of the molecule is CC(N(C)C(=O)NC(CC(=O)O)C(=O)O)C(C)(C)C. The van der Waals surface area contributed by atoms with E-state index in [2.05, 4.69) is 5.32 Å². The molecule has 19 heavy (non-hydrogen) atoms. The van der Waals surface area contributed by atoms with Gasteiger partial charge in [0.15, 0.2) is 0 Å². The van der Waals surface area contributed by atoms with Gasteiger partial charge in [-0.15, -0.1) is 0 Å². The third-order valence-electron chi connectivity index (χ3n) is 3.13. The van der Waals surface area contributed by atoms with Crippen LogP contribution in [0.25, 0.3) is 0 Å². The van der Waals surface area contributed by atoms with Gasteiger partial charge in [-0.2, -0.15) is 0 Å². The molecule has 7 heteroatoms. The van der Waals surface area contributed by atoms with Gasteiger partial charge in [0.1, 0.15) is 6.04 Å². The highest BCUT2D eigenvalue weighted by molar-refractivity contribution is 5.86. The maximum Gasteiger partial charge on any atom is 0.326 e. The topological polar surface area (TPSA) is 107 Å². The van der Waals surface area contributed by atoms with Gasteiger partial charge < -0.3 is 20.4 Å². The van der Waals surface area contributed by atoms with Gasteiger partial charge in [0, 0.05) is 13.1 Å². The molecule has 0 saturated heterocycles. The minimum absolute atomic E-state index is 0.133. The van der Waals surface area contributed by atoms with Crippen molar-refractivity contribution in [3.63, 3.8) is 0 Å². The summed E-state index contributed by atoms with van der Waals surface area (Å²) in [5.74, 6) is -2.65. The molecule has 0 aromatic carbocycles. The van der Waals surface area contributed by atoms with Crippen LogP contribution in [0.2, 0.25) is 0 Å². The van der Waals surface area contributed by atoms with Crippen LogP contribution in [0.1, 0.15) is 34.1 Å². The minimum Gasteiger partial charge on any atom is -0.481 e. The Balaban J connectivity index is 4.73. The second kappa shape index (κ2) is 6.40. The summed E-state index contributed by atoms with van der Waals surface area (Å²) in [5, 5.41) is 19.7. The van der Waals surface area contributed by atoms with Crippen LogP contribution in [0.5, 0.6) is 0 Å². The van der Waals surface area contributed by atoms with Gasteiger partial charge >= 0.3 is 18.0 Å². The van der Waals surface area contributed by atoms with Gasteiger partial charge in [-0.3, -0.25) is 4.79 Å². The summed E-state index contributed by atoms with van der Waals surface area (Å²) in [6.07, 6.45) is -0.654. The summed E-state index contributed by atoms with van der Waals surface area (Å²) >= 11 is 0. The second-order valence-corrected chi connectivity index (χ2v) is 5.59. The Morgan fingerprint density at radius 1 is 1.21 bits per heavy atom. The predicted molar refractivity (Wildman–Crippen MR) is 68.9 cm³/mol. The maximum atomic E-state index is 11.9. The van der Waals surface area contributed by atoms with E-state index in [1.165, 1.54) is 4.90 Å². The fourth-order valence-electron chi connectivity index (χ4n) is 1.38. The van der Waals surface area contributed by atoms with Crippen LogP contribution in [-0.2, 0) is 9.59 Å². The first kappa shape index (κ1) is 17.2. The van der Waals surface area contributed by atoms with Gasteiger partial charge in [0.05, 0.1) is 6.42 Å². The third kappa shape index (κ3) is 5.58. The van der Waals surface area contributed by atoms with Crippen molar-refractivity contribution in [3.05, 3.63) is 0 Å². The Kier molecular flexibility index (Phi) is 5.80. The highest BCUT2D eigenvalue weighted by Crippen LogP contribution is 2.22. The first-order valence-corrected chi connectivity index (χ1v) is 5.94. The van der Waals surface area contributed by atoms with Gasteiger partial charge in [0.25, 0.3) is 0 Å². The third-order valence-corrected chi connectivity index (χ3v) is 3.13. The summed E-state index contributed by atoms with van der Waals surface area (Å²) in [7, 11) is 1.55. The summed E-state index contributed by atoms with van der Waals surface area (Å²) < 4.78 is 0. The van der Waals surface area contributed by atoms with Crippen molar-refractivity contribution < 1.29 is 24.6 Å². The van der Waals surface area contributed by atoms with Gasteiger partial charge in [0.2, 0.25) is 0 Å². The number of urea groups is 1. The van der Waals surface area contributed by atoms with E-state index in [9.17, 15) is 14.4 Å². The fraction of sp³-hybridized carbons (Fsp3) is 0.750. The van der Waals surface area contributed by atoms with Crippen molar-refractivity contribution in [2.75, 3.05) is 7.05 Å². The molecule has 0 fully saturated rings. The molecule has 0 aromatic heterocycles. The lowest BCUT2D eigenvalue weighted by Crippen LogP contribution is -2.52. The van der Waals surface area contributed by atoms with Gasteiger partial charge in [-0.05, 0) is 12.3 Å². The molecular weight excluding hydrogens is 252 g/mol. The quantitative estimate of drug-likeness (QED) is 0.693. The Morgan fingerprint density at radius 3 is 2.00 bits per heavy atom. The summed E-state index contributed by atoms with van der Waals surface area (Å²) in [6, 6.07) is -2.16. The van der Waals surface area contributed by atoms with Crippen molar-refractivity contribution in [1.29, 1.82) is 0 Å². The number of carbonyl (C=O) groups is 3. The average Bonchev–Trinajstić information content (AvgIpc) is 2.23. The molecule has 2 unspecified atom stereocenters. The molecule has 0 aliphatic rings. The molecule has 0 heterocycles. The van der Waals surface area contributed by atoms with Crippen LogP contribution in [0.3, 0.4) is 0 Å². The molecule has 0 saturated carbocycles. The zero-order valence-electron chi connectivity index (χ0n) is 11.9. The number of hydrogen-bond acceptors (Lipinski definition) is 3. The zero-order chi connectivity index (χ0) is 15.4. The molecule has 7 nitrogen and oxygen atoms in total. The number of amides is 2. The highest BCUT2D eigenvalue weighted by Gasteiger charge is 2.30. The number of rotatable bonds is 5. The van der Waals surface area contributed by atoms with Crippen molar-refractivity contribution >= 4 is 18.0 Å². The summed E-state index contributed by atoms with van der Waals surface area (Å²) in [6.45, 7) is 7.70.